The van der Waals surface area contributed by atoms with Crippen molar-refractivity contribution in [2.75, 3.05) is 0 Å². The van der Waals surface area contributed by atoms with Crippen LogP contribution in [0.1, 0.15) is 52.8 Å². The van der Waals surface area contributed by atoms with Gasteiger partial charge in [0.25, 0.3) is 0 Å². The highest BCUT2D eigenvalue weighted by Gasteiger charge is 2.25. The largest absolute Gasteiger partial charge is 0.306 e. The van der Waals surface area contributed by atoms with Crippen LogP contribution >= 0.6 is 0 Å². The highest BCUT2D eigenvalue weighted by molar-refractivity contribution is 5.68. The molecule has 2 aromatic heterocycles. The van der Waals surface area contributed by atoms with Crippen LogP contribution in [0.3, 0.4) is 0 Å². The summed E-state index contributed by atoms with van der Waals surface area (Å²) in [6, 6.07) is 9.90. The van der Waals surface area contributed by atoms with Gasteiger partial charge in [-0.05, 0) is 74.2 Å². The number of benzene rings is 2. The maximum atomic E-state index is 14.8. The first kappa shape index (κ1) is 20.3. The molecule has 0 spiro atoms. The molecule has 0 saturated heterocycles. The van der Waals surface area contributed by atoms with E-state index in [-0.39, 0.29) is 17.6 Å². The molecule has 0 N–H and O–H groups in total. The van der Waals surface area contributed by atoms with E-state index in [0.717, 1.165) is 47.7 Å². The zero-order valence-corrected chi connectivity index (χ0v) is 18.0. The first-order valence-corrected chi connectivity index (χ1v) is 10.7. The predicted octanol–water partition coefficient (Wildman–Crippen LogP) is 5.45. The Labute approximate surface area is 185 Å². The van der Waals surface area contributed by atoms with Crippen LogP contribution in [0.25, 0.3) is 17.8 Å². The molecule has 162 valence electrons. The zero-order valence-electron chi connectivity index (χ0n) is 18.0. The minimum absolute atomic E-state index is 0.0795. The fraction of sp³-hybridized carbons (Fsp3) is 0.240. The summed E-state index contributed by atoms with van der Waals surface area (Å²) in [5.74, 6) is 0.920. The second-order valence-corrected chi connectivity index (χ2v) is 8.21. The summed E-state index contributed by atoms with van der Waals surface area (Å²) in [5.41, 5.74) is 4.09. The third kappa shape index (κ3) is 3.86. The van der Waals surface area contributed by atoms with Crippen LogP contribution in [0.15, 0.2) is 48.9 Å². The molecule has 0 aliphatic carbocycles. The average molecular weight is 431 g/mol. The molecular formula is C25H23F2N5. The smallest absolute Gasteiger partial charge is 0.174 e. The summed E-state index contributed by atoms with van der Waals surface area (Å²) in [6.45, 7) is 4.64. The van der Waals surface area contributed by atoms with Gasteiger partial charge in [-0.15, -0.1) is 0 Å². The molecule has 0 amide bonds. The van der Waals surface area contributed by atoms with E-state index < -0.39 is 0 Å². The van der Waals surface area contributed by atoms with Gasteiger partial charge in [-0.3, -0.25) is 0 Å². The van der Waals surface area contributed by atoms with Gasteiger partial charge in [-0.25, -0.2) is 23.4 Å². The van der Waals surface area contributed by atoms with E-state index in [1.807, 2.05) is 35.4 Å². The van der Waals surface area contributed by atoms with E-state index in [1.54, 1.807) is 30.6 Å². The molecule has 1 aliphatic rings. The molecule has 3 heterocycles. The predicted molar refractivity (Wildman–Crippen MR) is 119 cm³/mol. The van der Waals surface area contributed by atoms with Crippen molar-refractivity contribution in [1.82, 2.24) is 24.3 Å². The topological polar surface area (TPSA) is 48.5 Å². The fourth-order valence-electron chi connectivity index (χ4n) is 4.27. The van der Waals surface area contributed by atoms with E-state index in [9.17, 15) is 8.78 Å². The highest BCUT2D eigenvalue weighted by atomic mass is 19.1. The van der Waals surface area contributed by atoms with Crippen molar-refractivity contribution in [1.29, 1.82) is 0 Å². The summed E-state index contributed by atoms with van der Waals surface area (Å²) in [6.07, 6.45) is 8.92. The number of imidazole rings is 1. The van der Waals surface area contributed by atoms with Crippen LogP contribution in [0.5, 0.6) is 0 Å². The number of hydrogen-bond donors (Lipinski definition) is 0. The molecule has 0 radical (unpaired) electrons. The van der Waals surface area contributed by atoms with Crippen molar-refractivity contribution in [3.05, 3.63) is 94.6 Å². The van der Waals surface area contributed by atoms with Crippen LogP contribution in [0.2, 0.25) is 0 Å². The average Bonchev–Trinajstić information content (AvgIpc) is 3.40. The number of fused-ring (bicyclic) bond motifs is 1. The molecule has 0 fully saturated rings. The monoisotopic (exact) mass is 431 g/mol. The maximum absolute atomic E-state index is 14.8. The quantitative estimate of drug-likeness (QED) is 0.431. The van der Waals surface area contributed by atoms with Crippen LogP contribution in [0.4, 0.5) is 8.78 Å². The fourth-order valence-corrected chi connectivity index (χ4v) is 4.27. The Kier molecular flexibility index (Phi) is 5.17. The van der Waals surface area contributed by atoms with Crippen LogP contribution in [-0.2, 0) is 6.54 Å². The van der Waals surface area contributed by atoms with E-state index in [4.69, 9.17) is 4.98 Å². The molecular weight excluding hydrogens is 408 g/mol. The molecule has 2 aromatic carbocycles. The molecule has 4 aromatic rings. The third-order valence-electron chi connectivity index (χ3n) is 5.88. The third-order valence-corrected chi connectivity index (χ3v) is 5.88. The van der Waals surface area contributed by atoms with Gasteiger partial charge in [-0.2, -0.15) is 5.10 Å². The molecule has 1 atom stereocenters. The van der Waals surface area contributed by atoms with E-state index >= 15 is 0 Å². The maximum Gasteiger partial charge on any atom is 0.174 e. The van der Waals surface area contributed by atoms with E-state index in [2.05, 4.69) is 10.1 Å². The molecule has 5 rings (SSSR count). The molecule has 0 saturated carbocycles. The Hall–Kier alpha value is -3.61. The highest BCUT2D eigenvalue weighted by Crippen LogP contribution is 2.32. The van der Waals surface area contributed by atoms with Crippen molar-refractivity contribution in [3.8, 4) is 5.69 Å². The van der Waals surface area contributed by atoms with Gasteiger partial charge in [-0.1, -0.05) is 12.1 Å². The Morgan fingerprint density at radius 2 is 1.88 bits per heavy atom. The van der Waals surface area contributed by atoms with Gasteiger partial charge in [0.15, 0.2) is 5.82 Å². The normalized spacial score (nSPS) is 15.9. The number of rotatable bonds is 4. The summed E-state index contributed by atoms with van der Waals surface area (Å²) in [5, 5.41) is 4.59. The Morgan fingerprint density at radius 1 is 1.06 bits per heavy atom. The minimum atomic E-state index is -0.318. The first-order valence-electron chi connectivity index (χ1n) is 10.7. The van der Waals surface area contributed by atoms with Crippen molar-refractivity contribution < 1.29 is 8.78 Å². The van der Waals surface area contributed by atoms with E-state index in [1.165, 1.54) is 18.2 Å². The standard InChI is InChI=1S/C25H23F2N5/c1-16-12-19(22(27)13-23(16)31-14-17(2)28-15-31)7-10-24-29-25-21(4-3-11-32(25)30-24)18-5-8-20(26)9-6-18/h5-10,12-15,21H,3-4,11H2,1-2H3/b10-7+. The molecule has 32 heavy (non-hydrogen) atoms. The van der Waals surface area contributed by atoms with Gasteiger partial charge in [0.1, 0.15) is 17.5 Å². The summed E-state index contributed by atoms with van der Waals surface area (Å²) < 4.78 is 31.9. The zero-order chi connectivity index (χ0) is 22.2. The lowest BCUT2D eigenvalue weighted by Gasteiger charge is -2.22. The number of hydrogen-bond acceptors (Lipinski definition) is 3. The van der Waals surface area contributed by atoms with Crippen LogP contribution < -0.4 is 0 Å². The van der Waals surface area contributed by atoms with Gasteiger partial charge in [0, 0.05) is 24.2 Å². The van der Waals surface area contributed by atoms with E-state index in [0.29, 0.717) is 11.4 Å². The molecule has 7 heteroatoms. The van der Waals surface area contributed by atoms with Crippen molar-refractivity contribution in [3.63, 3.8) is 0 Å². The number of halogens is 2. The Morgan fingerprint density at radius 3 is 2.62 bits per heavy atom. The van der Waals surface area contributed by atoms with Crippen LogP contribution in [0, 0.1) is 25.5 Å². The lowest BCUT2D eigenvalue weighted by Crippen LogP contribution is -2.17. The first-order chi connectivity index (χ1) is 15.5. The number of aromatic nitrogens is 5. The lowest BCUT2D eigenvalue weighted by molar-refractivity contribution is 0.445. The minimum Gasteiger partial charge on any atom is -0.306 e. The second kappa shape index (κ2) is 8.15. The molecule has 1 unspecified atom stereocenters. The van der Waals surface area contributed by atoms with Crippen molar-refractivity contribution >= 4 is 12.2 Å². The van der Waals surface area contributed by atoms with Crippen molar-refractivity contribution in [2.24, 2.45) is 0 Å². The Bertz CT molecular complexity index is 1300. The summed E-state index contributed by atoms with van der Waals surface area (Å²) in [4.78, 5) is 8.92. The lowest BCUT2D eigenvalue weighted by atomic mass is 9.91. The number of aryl methyl sites for hydroxylation is 3. The summed E-state index contributed by atoms with van der Waals surface area (Å²) in [7, 11) is 0. The van der Waals surface area contributed by atoms with Gasteiger partial charge >= 0.3 is 0 Å². The van der Waals surface area contributed by atoms with Crippen LogP contribution in [-0.4, -0.2) is 24.3 Å². The Balaban J connectivity index is 1.42. The number of nitrogens with zero attached hydrogens (tertiary/aromatic N) is 5. The molecule has 0 bridgehead atoms. The summed E-state index contributed by atoms with van der Waals surface area (Å²) >= 11 is 0. The molecule has 1 aliphatic heterocycles. The second-order valence-electron chi connectivity index (χ2n) is 8.21. The van der Waals surface area contributed by atoms with Gasteiger partial charge in [0.05, 0.1) is 17.7 Å². The van der Waals surface area contributed by atoms with Gasteiger partial charge < -0.3 is 4.57 Å². The molecule has 5 nitrogen and oxygen atoms in total. The SMILES string of the molecule is Cc1cn(-c2cc(F)c(/C=C/c3nc4n(n3)CCCC4c3ccc(F)cc3)cc2C)cn1. The van der Waals surface area contributed by atoms with Gasteiger partial charge in [0.2, 0.25) is 0 Å². The van der Waals surface area contributed by atoms with Crippen molar-refractivity contribution in [2.45, 2.75) is 39.2 Å².